The number of nitrogens with zero attached hydrogens (tertiary/aromatic N) is 1. The fourth-order valence-corrected chi connectivity index (χ4v) is 1.51. The van der Waals surface area contributed by atoms with E-state index in [2.05, 4.69) is 24.1 Å². The summed E-state index contributed by atoms with van der Waals surface area (Å²) in [6.45, 7) is 8.20. The monoisotopic (exact) mass is 142 g/mol. The molecule has 0 aromatic rings. The maximum Gasteiger partial charge on any atom is 0.0567 e. The maximum atomic E-state index is 3.44. The van der Waals surface area contributed by atoms with E-state index in [0.29, 0.717) is 6.17 Å². The summed E-state index contributed by atoms with van der Waals surface area (Å²) in [6.07, 6.45) is 3.18. The Kier molecular flexibility index (Phi) is 3.16. The summed E-state index contributed by atoms with van der Waals surface area (Å²) in [5.41, 5.74) is 0. The number of rotatable bonds is 2. The second-order valence-corrected chi connectivity index (χ2v) is 3.02. The average molecular weight is 142 g/mol. The van der Waals surface area contributed by atoms with E-state index in [0.717, 1.165) is 0 Å². The predicted molar refractivity (Wildman–Crippen MR) is 43.9 cm³/mol. The highest BCUT2D eigenvalue weighted by atomic mass is 15.3. The van der Waals surface area contributed by atoms with Gasteiger partial charge >= 0.3 is 0 Å². The normalized spacial score (nSPS) is 28.8. The van der Waals surface area contributed by atoms with Crippen molar-refractivity contribution in [2.24, 2.45) is 0 Å². The van der Waals surface area contributed by atoms with E-state index >= 15 is 0 Å². The van der Waals surface area contributed by atoms with Crippen molar-refractivity contribution in [1.82, 2.24) is 10.2 Å². The zero-order chi connectivity index (χ0) is 7.40. The smallest absolute Gasteiger partial charge is 0.0567 e. The Morgan fingerprint density at radius 2 is 2.40 bits per heavy atom. The highest BCUT2D eigenvalue weighted by Gasteiger charge is 2.15. The fraction of sp³-hybridized carbons (Fsp3) is 1.00. The van der Waals surface area contributed by atoms with Crippen molar-refractivity contribution in [3.8, 4) is 0 Å². The third-order valence-corrected chi connectivity index (χ3v) is 2.12. The van der Waals surface area contributed by atoms with Gasteiger partial charge in [0.05, 0.1) is 6.17 Å². The van der Waals surface area contributed by atoms with E-state index < -0.39 is 0 Å². The number of hydrogen-bond acceptors (Lipinski definition) is 2. The van der Waals surface area contributed by atoms with Gasteiger partial charge in [-0.1, -0.05) is 6.92 Å². The van der Waals surface area contributed by atoms with Crippen LogP contribution in [-0.2, 0) is 0 Å². The largest absolute Gasteiger partial charge is 0.302 e. The van der Waals surface area contributed by atoms with E-state index in [-0.39, 0.29) is 0 Å². The summed E-state index contributed by atoms with van der Waals surface area (Å²) in [5.74, 6) is 0. The van der Waals surface area contributed by atoms with Gasteiger partial charge in [-0.25, -0.2) is 0 Å². The molecule has 1 saturated heterocycles. The lowest BCUT2D eigenvalue weighted by Crippen LogP contribution is -2.49. The molecule has 2 nitrogen and oxygen atoms in total. The quantitative estimate of drug-likeness (QED) is 0.619. The van der Waals surface area contributed by atoms with Crippen LogP contribution in [0.15, 0.2) is 0 Å². The molecule has 60 valence electrons. The first-order valence-electron chi connectivity index (χ1n) is 4.32. The zero-order valence-electron chi connectivity index (χ0n) is 7.06. The Morgan fingerprint density at radius 3 is 3.00 bits per heavy atom. The van der Waals surface area contributed by atoms with Crippen molar-refractivity contribution in [3.05, 3.63) is 0 Å². The van der Waals surface area contributed by atoms with Gasteiger partial charge < -0.3 is 5.32 Å². The van der Waals surface area contributed by atoms with Gasteiger partial charge in [-0.2, -0.15) is 0 Å². The topological polar surface area (TPSA) is 15.3 Å². The van der Waals surface area contributed by atoms with E-state index in [1.807, 2.05) is 0 Å². The minimum atomic E-state index is 0.605. The van der Waals surface area contributed by atoms with Crippen molar-refractivity contribution >= 4 is 0 Å². The fourth-order valence-electron chi connectivity index (χ4n) is 1.51. The minimum Gasteiger partial charge on any atom is -0.302 e. The van der Waals surface area contributed by atoms with Gasteiger partial charge in [-0.05, 0) is 32.9 Å². The summed E-state index contributed by atoms with van der Waals surface area (Å²) in [7, 11) is 0. The molecule has 0 aromatic carbocycles. The van der Waals surface area contributed by atoms with Crippen LogP contribution in [0.5, 0.6) is 0 Å². The molecule has 2 heteroatoms. The van der Waals surface area contributed by atoms with Gasteiger partial charge in [0.25, 0.3) is 0 Å². The molecule has 0 bridgehead atoms. The van der Waals surface area contributed by atoms with Crippen molar-refractivity contribution < 1.29 is 0 Å². The van der Waals surface area contributed by atoms with E-state index in [4.69, 9.17) is 0 Å². The molecule has 1 aliphatic heterocycles. The maximum absolute atomic E-state index is 3.44. The Bertz CT molecular complexity index is 91.3. The second-order valence-electron chi connectivity index (χ2n) is 3.02. The van der Waals surface area contributed by atoms with Gasteiger partial charge in [-0.3, -0.25) is 4.90 Å². The molecule has 0 spiro atoms. The molecule has 0 aromatic heterocycles. The molecule has 1 unspecified atom stereocenters. The van der Waals surface area contributed by atoms with Crippen molar-refractivity contribution in [1.29, 1.82) is 0 Å². The van der Waals surface area contributed by atoms with E-state index in [1.54, 1.807) is 0 Å². The van der Waals surface area contributed by atoms with Crippen molar-refractivity contribution in [3.63, 3.8) is 0 Å². The third-order valence-electron chi connectivity index (χ3n) is 2.12. The number of nitrogens with one attached hydrogen (secondary N) is 1. The molecule has 10 heavy (non-hydrogen) atoms. The van der Waals surface area contributed by atoms with Crippen LogP contribution < -0.4 is 5.32 Å². The predicted octanol–water partition coefficient (Wildman–Crippen LogP) is 1.04. The molecule has 0 aliphatic carbocycles. The van der Waals surface area contributed by atoms with Gasteiger partial charge in [0.1, 0.15) is 0 Å². The van der Waals surface area contributed by atoms with Crippen LogP contribution in [0.3, 0.4) is 0 Å². The van der Waals surface area contributed by atoms with Crippen LogP contribution in [0, 0.1) is 0 Å². The van der Waals surface area contributed by atoms with Crippen molar-refractivity contribution in [2.45, 2.75) is 32.9 Å². The van der Waals surface area contributed by atoms with Crippen LogP contribution in [0.2, 0.25) is 0 Å². The first kappa shape index (κ1) is 8.02. The highest BCUT2D eigenvalue weighted by Crippen LogP contribution is 2.03. The molecule has 0 amide bonds. The summed E-state index contributed by atoms with van der Waals surface area (Å²) >= 11 is 0. The van der Waals surface area contributed by atoms with E-state index in [9.17, 15) is 0 Å². The van der Waals surface area contributed by atoms with Crippen LogP contribution >= 0.6 is 0 Å². The van der Waals surface area contributed by atoms with Crippen molar-refractivity contribution in [2.75, 3.05) is 19.6 Å². The van der Waals surface area contributed by atoms with E-state index in [1.165, 1.54) is 32.5 Å². The highest BCUT2D eigenvalue weighted by molar-refractivity contribution is 4.70. The Hall–Kier alpha value is -0.0800. The molecule has 1 atom stereocenters. The lowest BCUT2D eigenvalue weighted by Gasteiger charge is -2.33. The molecule has 0 saturated carbocycles. The summed E-state index contributed by atoms with van der Waals surface area (Å²) in [6, 6.07) is 0. The minimum absolute atomic E-state index is 0.605. The van der Waals surface area contributed by atoms with Crippen LogP contribution in [-0.4, -0.2) is 30.7 Å². The third kappa shape index (κ3) is 1.96. The summed E-state index contributed by atoms with van der Waals surface area (Å²) in [5, 5.41) is 3.44. The molecule has 0 radical (unpaired) electrons. The lowest BCUT2D eigenvalue weighted by molar-refractivity contribution is 0.144. The van der Waals surface area contributed by atoms with Crippen LogP contribution in [0.25, 0.3) is 0 Å². The Balaban J connectivity index is 2.25. The Morgan fingerprint density at radius 1 is 1.60 bits per heavy atom. The lowest BCUT2D eigenvalue weighted by atomic mass is 10.2. The van der Waals surface area contributed by atoms with Gasteiger partial charge in [0, 0.05) is 6.54 Å². The molecule has 1 N–H and O–H groups in total. The van der Waals surface area contributed by atoms with Gasteiger partial charge in [-0.15, -0.1) is 0 Å². The Labute approximate surface area is 63.6 Å². The molecule has 1 fully saturated rings. The zero-order valence-corrected chi connectivity index (χ0v) is 7.06. The molecule has 1 rings (SSSR count). The second kappa shape index (κ2) is 3.94. The van der Waals surface area contributed by atoms with Gasteiger partial charge in [0.15, 0.2) is 0 Å². The first-order chi connectivity index (χ1) is 4.84. The molecular weight excluding hydrogens is 124 g/mol. The van der Waals surface area contributed by atoms with Gasteiger partial charge in [0.2, 0.25) is 0 Å². The average Bonchev–Trinajstić information content (AvgIpc) is 1.94. The number of hydrogen-bond donors (Lipinski definition) is 1. The molecular formula is C8H18N2. The molecule has 1 aliphatic rings. The standard InChI is InChI=1S/C8H18N2/c1-3-6-10-7-4-5-9-8(10)2/h8-9H,3-7H2,1-2H3. The molecule has 1 heterocycles. The SMILES string of the molecule is CCCN1CCCNC1C. The van der Waals surface area contributed by atoms with Crippen LogP contribution in [0.1, 0.15) is 26.7 Å². The first-order valence-corrected chi connectivity index (χ1v) is 4.32. The van der Waals surface area contributed by atoms with Crippen LogP contribution in [0.4, 0.5) is 0 Å². The summed E-state index contributed by atoms with van der Waals surface area (Å²) in [4.78, 5) is 2.50. The summed E-state index contributed by atoms with van der Waals surface area (Å²) < 4.78 is 0.